The summed E-state index contributed by atoms with van der Waals surface area (Å²) in [5.74, 6) is -0.917. The molecule has 2 aromatic rings. The number of piperazine rings is 1. The third-order valence-electron chi connectivity index (χ3n) is 5.42. The highest BCUT2D eigenvalue weighted by Gasteiger charge is 2.22. The Morgan fingerprint density at radius 2 is 2.00 bits per heavy atom. The number of carbonyl (C=O) groups is 1. The molecular weight excluding hydrogens is 374 g/mol. The Balaban J connectivity index is 1.31. The summed E-state index contributed by atoms with van der Waals surface area (Å²) in [5, 5.41) is 2.52. The fourth-order valence-corrected chi connectivity index (χ4v) is 3.75. The lowest BCUT2D eigenvalue weighted by Gasteiger charge is -2.34. The van der Waals surface area contributed by atoms with Gasteiger partial charge in [0.1, 0.15) is 11.6 Å². The van der Waals surface area contributed by atoms with Gasteiger partial charge in [-0.3, -0.25) is 9.88 Å². The van der Waals surface area contributed by atoms with Crippen LogP contribution in [0.1, 0.15) is 23.7 Å². The van der Waals surface area contributed by atoms with Crippen molar-refractivity contribution in [2.75, 3.05) is 31.5 Å². The Kier molecular flexibility index (Phi) is 5.58. The quantitative estimate of drug-likeness (QED) is 0.853. The van der Waals surface area contributed by atoms with Gasteiger partial charge in [0.25, 0.3) is 0 Å². The number of amides is 2. The summed E-state index contributed by atoms with van der Waals surface area (Å²) in [6.07, 6.45) is 7.29. The van der Waals surface area contributed by atoms with Crippen molar-refractivity contribution in [2.45, 2.75) is 19.9 Å². The number of nitrogens with one attached hydrogen (secondary N) is 1. The maximum Gasteiger partial charge on any atom is 0.322 e. The number of nitrogens with zero attached hydrogens (tertiary/aromatic N) is 3. The van der Waals surface area contributed by atoms with Crippen molar-refractivity contribution < 1.29 is 13.6 Å². The predicted molar refractivity (Wildman–Crippen MR) is 108 cm³/mol. The molecule has 7 heteroatoms. The number of hydrogen-bond donors (Lipinski definition) is 1. The lowest BCUT2D eigenvalue weighted by atomic mass is 9.94. The zero-order valence-corrected chi connectivity index (χ0v) is 16.4. The lowest BCUT2D eigenvalue weighted by Crippen LogP contribution is -2.49. The van der Waals surface area contributed by atoms with E-state index in [0.29, 0.717) is 19.0 Å². The summed E-state index contributed by atoms with van der Waals surface area (Å²) in [6.45, 7) is 5.52. The normalized spacial score (nSPS) is 19.1. The average molecular weight is 398 g/mol. The Bertz CT molecular complexity index is 938. The summed E-state index contributed by atoms with van der Waals surface area (Å²) < 4.78 is 26.7. The van der Waals surface area contributed by atoms with Gasteiger partial charge in [0.15, 0.2) is 0 Å². The molecule has 1 fully saturated rings. The summed E-state index contributed by atoms with van der Waals surface area (Å²) in [7, 11) is 0. The summed E-state index contributed by atoms with van der Waals surface area (Å²) in [6, 6.07) is 4.94. The Morgan fingerprint density at radius 1 is 1.21 bits per heavy atom. The molecule has 5 nitrogen and oxygen atoms in total. The second-order valence-corrected chi connectivity index (χ2v) is 7.74. The molecule has 1 unspecified atom stereocenters. The van der Waals surface area contributed by atoms with E-state index in [1.807, 2.05) is 6.20 Å². The van der Waals surface area contributed by atoms with E-state index in [1.54, 1.807) is 4.90 Å². The molecule has 1 aliphatic heterocycles. The number of anilines is 1. The maximum atomic E-state index is 13.7. The largest absolute Gasteiger partial charge is 0.322 e. The minimum atomic E-state index is -0.777. The monoisotopic (exact) mass is 398 g/mol. The number of hydrogen-bond acceptors (Lipinski definition) is 3. The first kappa shape index (κ1) is 19.5. The van der Waals surface area contributed by atoms with Gasteiger partial charge >= 0.3 is 6.03 Å². The van der Waals surface area contributed by atoms with Crippen molar-refractivity contribution in [3.05, 3.63) is 65.0 Å². The third-order valence-corrected chi connectivity index (χ3v) is 5.42. The number of halogens is 2. The SMILES string of the molecule is CC1C=Cc2cc(CN3CCN(C(=O)Nc4ccc(F)cc4F)CC3)cnc2C1. The molecule has 0 spiro atoms. The Morgan fingerprint density at radius 3 is 2.76 bits per heavy atom. The molecule has 4 rings (SSSR count). The number of carbonyl (C=O) groups excluding carboxylic acids is 1. The van der Waals surface area contributed by atoms with Crippen LogP contribution in [0.3, 0.4) is 0 Å². The molecule has 0 radical (unpaired) electrons. The fraction of sp³-hybridized carbons (Fsp3) is 0.364. The van der Waals surface area contributed by atoms with E-state index in [2.05, 4.69) is 40.3 Å². The first-order valence-corrected chi connectivity index (χ1v) is 9.87. The van der Waals surface area contributed by atoms with Crippen LogP contribution in [0, 0.1) is 17.6 Å². The molecule has 152 valence electrons. The number of benzene rings is 1. The fourth-order valence-electron chi connectivity index (χ4n) is 3.75. The van der Waals surface area contributed by atoms with E-state index < -0.39 is 11.6 Å². The van der Waals surface area contributed by atoms with Crippen molar-refractivity contribution >= 4 is 17.8 Å². The number of pyridine rings is 1. The van der Waals surface area contributed by atoms with E-state index in [1.165, 1.54) is 11.6 Å². The number of aromatic nitrogens is 1. The summed E-state index contributed by atoms with van der Waals surface area (Å²) >= 11 is 0. The molecule has 0 bridgehead atoms. The Hall–Kier alpha value is -2.80. The highest BCUT2D eigenvalue weighted by molar-refractivity contribution is 5.89. The zero-order valence-electron chi connectivity index (χ0n) is 16.4. The van der Waals surface area contributed by atoms with E-state index >= 15 is 0 Å². The van der Waals surface area contributed by atoms with Crippen LogP contribution in [0.5, 0.6) is 0 Å². The van der Waals surface area contributed by atoms with Crippen molar-refractivity contribution in [3.63, 3.8) is 0 Å². The van der Waals surface area contributed by atoms with Crippen molar-refractivity contribution in [2.24, 2.45) is 5.92 Å². The van der Waals surface area contributed by atoms with E-state index in [0.717, 1.165) is 49.4 Å². The highest BCUT2D eigenvalue weighted by atomic mass is 19.1. The van der Waals surface area contributed by atoms with Gasteiger partial charge in [-0.2, -0.15) is 0 Å². The molecule has 2 heterocycles. The molecule has 2 amide bonds. The minimum Gasteiger partial charge on any atom is -0.322 e. The maximum absolute atomic E-state index is 13.7. The molecular formula is C22H24F2N4O. The van der Waals surface area contributed by atoms with Crippen LogP contribution in [0.25, 0.3) is 6.08 Å². The minimum absolute atomic E-state index is 0.0127. The highest BCUT2D eigenvalue weighted by Crippen LogP contribution is 2.22. The van der Waals surface area contributed by atoms with Crippen molar-refractivity contribution in [1.82, 2.24) is 14.8 Å². The first-order chi connectivity index (χ1) is 14.0. The van der Waals surface area contributed by atoms with Gasteiger partial charge in [0.05, 0.1) is 5.69 Å². The number of urea groups is 1. The summed E-state index contributed by atoms with van der Waals surface area (Å²) in [4.78, 5) is 20.9. The van der Waals surface area contributed by atoms with Crippen LogP contribution in [0.2, 0.25) is 0 Å². The molecule has 1 aromatic heterocycles. The molecule has 1 aromatic carbocycles. The van der Waals surface area contributed by atoms with Crippen molar-refractivity contribution in [1.29, 1.82) is 0 Å². The van der Waals surface area contributed by atoms with Crippen LogP contribution in [-0.4, -0.2) is 47.0 Å². The van der Waals surface area contributed by atoms with Gasteiger partial charge in [-0.25, -0.2) is 13.6 Å². The second kappa shape index (κ2) is 8.29. The van der Waals surface area contributed by atoms with Crippen LogP contribution >= 0.6 is 0 Å². The van der Waals surface area contributed by atoms with Gasteiger partial charge in [-0.05, 0) is 41.7 Å². The first-order valence-electron chi connectivity index (χ1n) is 9.87. The average Bonchev–Trinajstić information content (AvgIpc) is 2.71. The van der Waals surface area contributed by atoms with Gasteiger partial charge in [0, 0.05) is 50.7 Å². The molecule has 2 aliphatic rings. The summed E-state index contributed by atoms with van der Waals surface area (Å²) in [5.41, 5.74) is 3.49. The van der Waals surface area contributed by atoms with Crippen LogP contribution < -0.4 is 5.32 Å². The van der Waals surface area contributed by atoms with Crippen LogP contribution in [-0.2, 0) is 13.0 Å². The Labute approximate surface area is 169 Å². The van der Waals surface area contributed by atoms with Crippen LogP contribution in [0.15, 0.2) is 36.5 Å². The van der Waals surface area contributed by atoms with Gasteiger partial charge in [-0.15, -0.1) is 0 Å². The molecule has 29 heavy (non-hydrogen) atoms. The lowest BCUT2D eigenvalue weighted by molar-refractivity contribution is 0.143. The van der Waals surface area contributed by atoms with E-state index in [-0.39, 0.29) is 11.7 Å². The number of allylic oxidation sites excluding steroid dienone is 1. The molecule has 1 aliphatic carbocycles. The van der Waals surface area contributed by atoms with Gasteiger partial charge < -0.3 is 10.2 Å². The van der Waals surface area contributed by atoms with Crippen molar-refractivity contribution in [3.8, 4) is 0 Å². The molecule has 1 N–H and O–H groups in total. The smallest absolute Gasteiger partial charge is 0.322 e. The molecule has 0 saturated carbocycles. The topological polar surface area (TPSA) is 48.5 Å². The second-order valence-electron chi connectivity index (χ2n) is 7.74. The number of fused-ring (bicyclic) bond motifs is 1. The number of rotatable bonds is 3. The van der Waals surface area contributed by atoms with Gasteiger partial charge in [0.2, 0.25) is 0 Å². The van der Waals surface area contributed by atoms with E-state index in [4.69, 9.17) is 0 Å². The van der Waals surface area contributed by atoms with Gasteiger partial charge in [-0.1, -0.05) is 19.1 Å². The van der Waals surface area contributed by atoms with E-state index in [9.17, 15) is 13.6 Å². The standard InChI is InChI=1S/C22H24F2N4O/c1-15-2-3-17-11-16(13-25-21(17)10-15)14-27-6-8-28(9-7-27)22(29)26-20-5-4-18(23)12-19(20)24/h2-5,11-13,15H,6-10,14H2,1H3,(H,26,29). The zero-order chi connectivity index (χ0) is 20.4. The predicted octanol–water partition coefficient (Wildman–Crippen LogP) is 3.91. The van der Waals surface area contributed by atoms with Crippen LogP contribution in [0.4, 0.5) is 19.3 Å². The molecule has 1 saturated heterocycles. The molecule has 1 atom stereocenters. The third kappa shape index (κ3) is 4.62.